The van der Waals surface area contributed by atoms with Crippen LogP contribution in [0.5, 0.6) is 0 Å². The van der Waals surface area contributed by atoms with Gasteiger partial charge in [-0.3, -0.25) is 10.1 Å². The first kappa shape index (κ1) is 18.1. The van der Waals surface area contributed by atoms with Crippen LogP contribution in [0, 0.1) is 10.1 Å². The number of nitrogens with zero attached hydrogens (tertiary/aromatic N) is 2. The fourth-order valence-electron chi connectivity index (χ4n) is 3.07. The molecule has 1 N–H and O–H groups in total. The van der Waals surface area contributed by atoms with E-state index in [2.05, 4.69) is 10.3 Å². The van der Waals surface area contributed by atoms with Crippen LogP contribution in [0.3, 0.4) is 0 Å². The van der Waals surface area contributed by atoms with Gasteiger partial charge < -0.3 is 14.8 Å². The number of esters is 1. The van der Waals surface area contributed by atoms with Crippen molar-refractivity contribution in [2.75, 3.05) is 11.9 Å². The van der Waals surface area contributed by atoms with Gasteiger partial charge in [0, 0.05) is 6.20 Å². The summed E-state index contributed by atoms with van der Waals surface area (Å²) in [4.78, 5) is 26.9. The molecule has 1 saturated heterocycles. The third-order valence-corrected chi connectivity index (χ3v) is 3.99. The van der Waals surface area contributed by atoms with E-state index in [1.807, 2.05) is 27.7 Å². The molecule has 8 nitrogen and oxygen atoms in total. The fourth-order valence-corrected chi connectivity index (χ4v) is 3.07. The molecule has 8 heteroatoms. The normalized spacial score (nSPS) is 21.3. The van der Waals surface area contributed by atoms with E-state index in [0.717, 1.165) is 0 Å². The van der Waals surface area contributed by atoms with Crippen molar-refractivity contribution < 1.29 is 19.2 Å². The number of hydrogen-bond donors (Lipinski definition) is 1. The minimum Gasteiger partial charge on any atom is -0.462 e. The van der Waals surface area contributed by atoms with Gasteiger partial charge in [-0.1, -0.05) is 0 Å². The monoisotopic (exact) mass is 337 g/mol. The smallest absolute Gasteiger partial charge is 0.345 e. The molecule has 1 fully saturated rings. The van der Waals surface area contributed by atoms with Gasteiger partial charge in [-0.2, -0.15) is 0 Å². The molecule has 0 aromatic carbocycles. The molecule has 1 atom stereocenters. The first-order valence-electron chi connectivity index (χ1n) is 7.84. The Morgan fingerprint density at radius 3 is 2.67 bits per heavy atom. The molecule has 0 saturated carbocycles. The highest BCUT2D eigenvalue weighted by Crippen LogP contribution is 2.40. The van der Waals surface area contributed by atoms with E-state index in [1.165, 1.54) is 12.3 Å². The number of anilines is 1. The van der Waals surface area contributed by atoms with Crippen molar-refractivity contribution in [2.24, 2.45) is 0 Å². The Kier molecular flexibility index (Phi) is 4.80. The van der Waals surface area contributed by atoms with E-state index in [4.69, 9.17) is 9.47 Å². The van der Waals surface area contributed by atoms with Gasteiger partial charge in [-0.15, -0.1) is 0 Å². The van der Waals surface area contributed by atoms with Gasteiger partial charge in [0.15, 0.2) is 0 Å². The van der Waals surface area contributed by atoms with E-state index in [9.17, 15) is 14.9 Å². The van der Waals surface area contributed by atoms with E-state index in [-0.39, 0.29) is 35.3 Å². The quantitative estimate of drug-likeness (QED) is 0.500. The van der Waals surface area contributed by atoms with Gasteiger partial charge in [0.1, 0.15) is 5.56 Å². The van der Waals surface area contributed by atoms with E-state index in [0.29, 0.717) is 6.42 Å². The molecule has 1 aliphatic rings. The van der Waals surface area contributed by atoms with Crippen molar-refractivity contribution in [2.45, 2.75) is 58.3 Å². The van der Waals surface area contributed by atoms with E-state index in [1.54, 1.807) is 6.92 Å². The SMILES string of the molecule is CCOC(=O)c1ccnc(NC2CC(C)(C)OC2(C)C)c1[N+](=O)[O-]. The predicted octanol–water partition coefficient (Wildman–Crippen LogP) is 2.92. The first-order chi connectivity index (χ1) is 11.1. The lowest BCUT2D eigenvalue weighted by Gasteiger charge is -2.28. The average Bonchev–Trinajstić information content (AvgIpc) is 2.65. The highest BCUT2D eigenvalue weighted by atomic mass is 16.6. The highest BCUT2D eigenvalue weighted by molar-refractivity contribution is 5.96. The van der Waals surface area contributed by atoms with Crippen LogP contribution in [0.2, 0.25) is 0 Å². The second-order valence-electron chi connectivity index (χ2n) is 6.90. The van der Waals surface area contributed by atoms with Crippen molar-refractivity contribution in [1.82, 2.24) is 4.98 Å². The fraction of sp³-hybridized carbons (Fsp3) is 0.625. The Morgan fingerprint density at radius 2 is 2.17 bits per heavy atom. The Balaban J connectivity index is 2.39. The molecule has 1 aromatic heterocycles. The number of carbonyl (C=O) groups excluding carboxylic acids is 1. The topological polar surface area (TPSA) is 104 Å². The number of nitro groups is 1. The lowest BCUT2D eigenvalue weighted by Crippen LogP contribution is -2.38. The van der Waals surface area contributed by atoms with Gasteiger partial charge in [0.05, 0.1) is 28.8 Å². The third-order valence-electron chi connectivity index (χ3n) is 3.99. The van der Waals surface area contributed by atoms with Crippen molar-refractivity contribution in [1.29, 1.82) is 0 Å². The largest absolute Gasteiger partial charge is 0.462 e. The highest BCUT2D eigenvalue weighted by Gasteiger charge is 2.46. The number of hydrogen-bond acceptors (Lipinski definition) is 7. The summed E-state index contributed by atoms with van der Waals surface area (Å²) in [5.41, 5.74) is -1.37. The molecule has 1 aromatic rings. The van der Waals surface area contributed by atoms with Gasteiger partial charge >= 0.3 is 11.7 Å². The van der Waals surface area contributed by atoms with Crippen LogP contribution >= 0.6 is 0 Å². The van der Waals surface area contributed by atoms with Crippen molar-refractivity contribution >= 4 is 17.5 Å². The van der Waals surface area contributed by atoms with Crippen LogP contribution in [0.1, 0.15) is 51.4 Å². The second kappa shape index (κ2) is 6.35. The summed E-state index contributed by atoms with van der Waals surface area (Å²) in [7, 11) is 0. The maximum absolute atomic E-state index is 12.0. The number of carbonyl (C=O) groups is 1. The van der Waals surface area contributed by atoms with Crippen LogP contribution in [0.4, 0.5) is 11.5 Å². The third kappa shape index (κ3) is 3.64. The van der Waals surface area contributed by atoms with Crippen molar-refractivity contribution in [3.63, 3.8) is 0 Å². The molecule has 0 spiro atoms. The maximum Gasteiger partial charge on any atom is 0.345 e. The Hall–Kier alpha value is -2.22. The number of aromatic nitrogens is 1. The maximum atomic E-state index is 12.0. The van der Waals surface area contributed by atoms with E-state index >= 15 is 0 Å². The molecule has 1 aliphatic heterocycles. The minimum atomic E-state index is -0.739. The number of rotatable bonds is 5. The molecule has 2 heterocycles. The Bertz CT molecular complexity index is 657. The van der Waals surface area contributed by atoms with Crippen molar-refractivity contribution in [3.05, 3.63) is 27.9 Å². The van der Waals surface area contributed by atoms with Gasteiger partial charge in [0.2, 0.25) is 5.82 Å². The van der Waals surface area contributed by atoms with Gasteiger partial charge in [-0.25, -0.2) is 9.78 Å². The van der Waals surface area contributed by atoms with Crippen LogP contribution in [-0.4, -0.2) is 39.7 Å². The summed E-state index contributed by atoms with van der Waals surface area (Å²) in [5.74, 6) is -0.693. The molecule has 0 radical (unpaired) electrons. The minimum absolute atomic E-state index is 0.0462. The molecular formula is C16H23N3O5. The zero-order valence-corrected chi connectivity index (χ0v) is 14.6. The molecule has 0 bridgehead atoms. The molecular weight excluding hydrogens is 314 g/mol. The zero-order valence-electron chi connectivity index (χ0n) is 14.6. The summed E-state index contributed by atoms with van der Waals surface area (Å²) in [6.07, 6.45) is 2.01. The predicted molar refractivity (Wildman–Crippen MR) is 88.1 cm³/mol. The molecule has 0 aliphatic carbocycles. The van der Waals surface area contributed by atoms with Crippen LogP contribution in [0.15, 0.2) is 12.3 Å². The summed E-state index contributed by atoms with van der Waals surface area (Å²) >= 11 is 0. The zero-order chi connectivity index (χ0) is 18.1. The number of ether oxygens (including phenoxy) is 2. The summed E-state index contributed by atoms with van der Waals surface area (Å²) in [6.45, 7) is 9.55. The first-order valence-corrected chi connectivity index (χ1v) is 7.84. The lowest BCUT2D eigenvalue weighted by molar-refractivity contribution is -0.384. The molecule has 132 valence electrons. The standard InChI is InChI=1S/C16H23N3O5/c1-6-23-14(20)10-7-8-17-13(12(10)19(21)22)18-11-9-15(2,3)24-16(11,4)5/h7-8,11H,6,9H2,1-5H3,(H,17,18). The Morgan fingerprint density at radius 1 is 1.50 bits per heavy atom. The van der Waals surface area contributed by atoms with Crippen LogP contribution < -0.4 is 5.32 Å². The Labute approximate surface area is 140 Å². The summed E-state index contributed by atoms with van der Waals surface area (Å²) < 4.78 is 10.9. The van der Waals surface area contributed by atoms with Crippen LogP contribution in [-0.2, 0) is 9.47 Å². The average molecular weight is 337 g/mol. The molecule has 24 heavy (non-hydrogen) atoms. The van der Waals surface area contributed by atoms with Crippen molar-refractivity contribution in [3.8, 4) is 0 Å². The molecule has 1 unspecified atom stereocenters. The lowest BCUT2D eigenvalue weighted by atomic mass is 9.94. The molecule has 2 rings (SSSR count). The van der Waals surface area contributed by atoms with Gasteiger partial charge in [0.25, 0.3) is 0 Å². The molecule has 0 amide bonds. The number of pyridine rings is 1. The number of nitrogens with one attached hydrogen (secondary N) is 1. The second-order valence-corrected chi connectivity index (χ2v) is 6.90. The summed E-state index contributed by atoms with van der Waals surface area (Å²) in [5, 5.41) is 14.6. The van der Waals surface area contributed by atoms with Gasteiger partial charge in [-0.05, 0) is 47.1 Å². The van der Waals surface area contributed by atoms with Crippen LogP contribution in [0.25, 0.3) is 0 Å². The van der Waals surface area contributed by atoms with E-state index < -0.39 is 16.5 Å². The summed E-state index contributed by atoms with van der Waals surface area (Å²) in [6, 6.07) is 1.11.